The van der Waals surface area contributed by atoms with Gasteiger partial charge in [-0.1, -0.05) is 13.8 Å². The van der Waals surface area contributed by atoms with Gasteiger partial charge in [-0.05, 0) is 18.4 Å². The SMILES string of the molecule is CCC(C)(C=O)Cc1cnn(C)c1. The summed E-state index contributed by atoms with van der Waals surface area (Å²) in [6.45, 7) is 4.01. The minimum absolute atomic E-state index is 0.233. The number of aldehydes is 1. The number of aromatic nitrogens is 2. The van der Waals surface area contributed by atoms with Crippen LogP contribution >= 0.6 is 0 Å². The van der Waals surface area contributed by atoms with Crippen molar-refractivity contribution in [1.29, 1.82) is 0 Å². The molecule has 0 amide bonds. The molecule has 0 aromatic carbocycles. The fourth-order valence-electron chi connectivity index (χ4n) is 1.28. The van der Waals surface area contributed by atoms with Gasteiger partial charge < -0.3 is 4.79 Å². The molecular weight excluding hydrogens is 164 g/mol. The summed E-state index contributed by atoms with van der Waals surface area (Å²) in [6.07, 6.45) is 6.46. The molecule has 0 N–H and O–H groups in total. The van der Waals surface area contributed by atoms with Gasteiger partial charge in [0.15, 0.2) is 0 Å². The first-order chi connectivity index (χ1) is 6.09. The Morgan fingerprint density at radius 1 is 1.69 bits per heavy atom. The van der Waals surface area contributed by atoms with Crippen molar-refractivity contribution >= 4 is 6.29 Å². The number of rotatable bonds is 4. The molecule has 0 saturated heterocycles. The molecule has 0 saturated carbocycles. The predicted octanol–water partition coefficient (Wildman–Crippen LogP) is 1.58. The molecule has 0 radical (unpaired) electrons. The fraction of sp³-hybridized carbons (Fsp3) is 0.600. The van der Waals surface area contributed by atoms with Crippen molar-refractivity contribution in [2.75, 3.05) is 0 Å². The van der Waals surface area contributed by atoms with E-state index in [2.05, 4.69) is 5.10 Å². The summed E-state index contributed by atoms with van der Waals surface area (Å²) in [6, 6.07) is 0. The third-order valence-electron chi connectivity index (χ3n) is 2.46. The molecule has 13 heavy (non-hydrogen) atoms. The van der Waals surface area contributed by atoms with E-state index < -0.39 is 0 Å². The summed E-state index contributed by atoms with van der Waals surface area (Å²) in [4.78, 5) is 10.8. The molecule has 1 rings (SSSR count). The smallest absolute Gasteiger partial charge is 0.126 e. The summed E-state index contributed by atoms with van der Waals surface area (Å²) in [5.41, 5.74) is 0.891. The van der Waals surface area contributed by atoms with Crippen LogP contribution in [0.3, 0.4) is 0 Å². The number of hydrogen-bond donors (Lipinski definition) is 0. The molecule has 0 aliphatic heterocycles. The molecular formula is C10H16N2O. The maximum atomic E-state index is 10.8. The van der Waals surface area contributed by atoms with Crippen LogP contribution in [0.1, 0.15) is 25.8 Å². The molecule has 0 aliphatic carbocycles. The minimum Gasteiger partial charge on any atom is -0.303 e. The van der Waals surface area contributed by atoms with Gasteiger partial charge >= 0.3 is 0 Å². The van der Waals surface area contributed by atoms with Crippen molar-refractivity contribution in [2.45, 2.75) is 26.7 Å². The summed E-state index contributed by atoms with van der Waals surface area (Å²) in [5, 5.41) is 4.07. The van der Waals surface area contributed by atoms with Gasteiger partial charge in [0.1, 0.15) is 6.29 Å². The average molecular weight is 180 g/mol. The number of hydrogen-bond acceptors (Lipinski definition) is 2. The van der Waals surface area contributed by atoms with Crippen LogP contribution in [0, 0.1) is 5.41 Å². The largest absolute Gasteiger partial charge is 0.303 e. The highest BCUT2D eigenvalue weighted by Gasteiger charge is 2.21. The molecule has 0 aliphatic rings. The first-order valence-electron chi connectivity index (χ1n) is 4.53. The molecule has 0 fully saturated rings. The van der Waals surface area contributed by atoms with Crippen LogP contribution in [-0.4, -0.2) is 16.1 Å². The molecule has 3 heteroatoms. The third-order valence-corrected chi connectivity index (χ3v) is 2.46. The molecule has 0 spiro atoms. The highest BCUT2D eigenvalue weighted by molar-refractivity contribution is 5.59. The van der Waals surface area contributed by atoms with Crippen molar-refractivity contribution in [3.8, 4) is 0 Å². The van der Waals surface area contributed by atoms with Gasteiger partial charge in [0.05, 0.1) is 6.20 Å². The van der Waals surface area contributed by atoms with Crippen molar-refractivity contribution in [2.24, 2.45) is 12.5 Å². The maximum Gasteiger partial charge on any atom is 0.126 e. The normalized spacial score (nSPS) is 15.3. The summed E-state index contributed by atoms with van der Waals surface area (Å²) in [5.74, 6) is 0. The molecule has 1 atom stereocenters. The van der Waals surface area contributed by atoms with Crippen LogP contribution in [0.25, 0.3) is 0 Å². The quantitative estimate of drug-likeness (QED) is 0.659. The van der Waals surface area contributed by atoms with Crippen LogP contribution in [0.15, 0.2) is 12.4 Å². The number of nitrogens with zero attached hydrogens (tertiary/aromatic N) is 2. The van der Waals surface area contributed by atoms with Crippen LogP contribution in [-0.2, 0) is 18.3 Å². The lowest BCUT2D eigenvalue weighted by atomic mass is 9.84. The lowest BCUT2D eigenvalue weighted by molar-refractivity contribution is -0.115. The molecule has 1 heterocycles. The highest BCUT2D eigenvalue weighted by Crippen LogP contribution is 2.23. The zero-order chi connectivity index (χ0) is 9.90. The van der Waals surface area contributed by atoms with Gasteiger partial charge in [0, 0.05) is 18.7 Å². The van der Waals surface area contributed by atoms with E-state index in [0.717, 1.165) is 24.7 Å². The molecule has 1 aromatic heterocycles. The second-order valence-corrected chi connectivity index (χ2v) is 3.82. The van der Waals surface area contributed by atoms with Crippen LogP contribution in [0.5, 0.6) is 0 Å². The number of carbonyl (C=O) groups is 1. The molecule has 1 unspecified atom stereocenters. The molecule has 72 valence electrons. The summed E-state index contributed by atoms with van der Waals surface area (Å²) in [7, 11) is 1.88. The van der Waals surface area contributed by atoms with Gasteiger partial charge in [-0.25, -0.2) is 0 Å². The van der Waals surface area contributed by atoms with E-state index in [9.17, 15) is 4.79 Å². The van der Waals surface area contributed by atoms with Crippen LogP contribution in [0.4, 0.5) is 0 Å². The van der Waals surface area contributed by atoms with Crippen molar-refractivity contribution < 1.29 is 4.79 Å². The first kappa shape index (κ1) is 9.96. The van der Waals surface area contributed by atoms with Gasteiger partial charge in [0.25, 0.3) is 0 Å². The second-order valence-electron chi connectivity index (χ2n) is 3.82. The molecule has 1 aromatic rings. The fourth-order valence-corrected chi connectivity index (χ4v) is 1.28. The van der Waals surface area contributed by atoms with Crippen molar-refractivity contribution in [3.05, 3.63) is 18.0 Å². The summed E-state index contributed by atoms with van der Waals surface area (Å²) < 4.78 is 1.76. The van der Waals surface area contributed by atoms with Gasteiger partial charge in [-0.3, -0.25) is 4.68 Å². The predicted molar refractivity (Wildman–Crippen MR) is 51.4 cm³/mol. The van der Waals surface area contributed by atoms with Gasteiger partial charge in [0.2, 0.25) is 0 Å². The lowest BCUT2D eigenvalue weighted by Crippen LogP contribution is -2.19. The average Bonchev–Trinajstić information content (AvgIpc) is 2.51. The lowest BCUT2D eigenvalue weighted by Gasteiger charge is -2.19. The van der Waals surface area contributed by atoms with E-state index in [4.69, 9.17) is 0 Å². The minimum atomic E-state index is -0.233. The Morgan fingerprint density at radius 3 is 2.77 bits per heavy atom. The standard InChI is InChI=1S/C10H16N2O/c1-4-10(2,8-13)5-9-6-11-12(3)7-9/h6-8H,4-5H2,1-3H3. The van der Waals surface area contributed by atoms with E-state index in [-0.39, 0.29) is 5.41 Å². The Morgan fingerprint density at radius 2 is 2.38 bits per heavy atom. The van der Waals surface area contributed by atoms with E-state index >= 15 is 0 Å². The Kier molecular flexibility index (Phi) is 2.86. The maximum absolute atomic E-state index is 10.8. The van der Waals surface area contributed by atoms with E-state index in [0.29, 0.717) is 0 Å². The van der Waals surface area contributed by atoms with Crippen molar-refractivity contribution in [3.63, 3.8) is 0 Å². The van der Waals surface area contributed by atoms with Crippen LogP contribution < -0.4 is 0 Å². The van der Waals surface area contributed by atoms with Gasteiger partial charge in [-0.2, -0.15) is 5.10 Å². The monoisotopic (exact) mass is 180 g/mol. The third kappa shape index (κ3) is 2.41. The topological polar surface area (TPSA) is 34.9 Å². The second kappa shape index (κ2) is 3.73. The Labute approximate surface area is 78.8 Å². The van der Waals surface area contributed by atoms with E-state index in [1.165, 1.54) is 0 Å². The summed E-state index contributed by atoms with van der Waals surface area (Å²) >= 11 is 0. The van der Waals surface area contributed by atoms with E-state index in [1.807, 2.05) is 33.3 Å². The molecule has 0 bridgehead atoms. The van der Waals surface area contributed by atoms with Crippen LogP contribution in [0.2, 0.25) is 0 Å². The van der Waals surface area contributed by atoms with Gasteiger partial charge in [-0.15, -0.1) is 0 Å². The molecule has 3 nitrogen and oxygen atoms in total. The highest BCUT2D eigenvalue weighted by atomic mass is 16.1. The Balaban J connectivity index is 2.72. The Bertz CT molecular complexity index is 293. The zero-order valence-electron chi connectivity index (χ0n) is 8.45. The van der Waals surface area contributed by atoms with Crippen molar-refractivity contribution in [1.82, 2.24) is 9.78 Å². The Hall–Kier alpha value is -1.12. The zero-order valence-corrected chi connectivity index (χ0v) is 8.45. The van der Waals surface area contributed by atoms with E-state index in [1.54, 1.807) is 4.68 Å². The number of aryl methyl sites for hydroxylation is 1. The first-order valence-corrected chi connectivity index (χ1v) is 4.53. The number of carbonyl (C=O) groups excluding carboxylic acids is 1.